The molecule has 0 saturated heterocycles. The highest BCUT2D eigenvalue weighted by Crippen LogP contribution is 2.32. The van der Waals surface area contributed by atoms with Crippen molar-refractivity contribution in [2.75, 3.05) is 0 Å². The Hall–Kier alpha value is -0.260. The molecule has 0 saturated carbocycles. The van der Waals surface area contributed by atoms with Crippen LogP contribution in [0, 0.1) is 0 Å². The second-order valence-corrected chi connectivity index (χ2v) is 4.63. The van der Waals surface area contributed by atoms with Gasteiger partial charge in [0, 0.05) is 15.9 Å². The maximum Gasteiger partial charge on any atom is 0.389 e. The van der Waals surface area contributed by atoms with E-state index in [1.807, 2.05) is 0 Å². The fourth-order valence-electron chi connectivity index (χ4n) is 1.23. The van der Waals surface area contributed by atoms with Gasteiger partial charge in [-0.3, -0.25) is 0 Å². The normalized spacial score (nSPS) is 13.9. The van der Waals surface area contributed by atoms with Crippen LogP contribution in [0.2, 0.25) is 5.02 Å². The van der Waals surface area contributed by atoms with Crippen molar-refractivity contribution in [1.82, 2.24) is 0 Å². The van der Waals surface area contributed by atoms with Gasteiger partial charge >= 0.3 is 6.18 Å². The molecule has 0 aliphatic rings. The topological polar surface area (TPSA) is 20.2 Å². The fraction of sp³-hybridized carbons (Fsp3) is 0.400. The predicted molar refractivity (Wildman–Crippen MR) is 59.4 cm³/mol. The van der Waals surface area contributed by atoms with Gasteiger partial charge in [0.1, 0.15) is 0 Å². The Kier molecular flexibility index (Phi) is 4.64. The fourth-order valence-corrected chi connectivity index (χ4v) is 2.17. The van der Waals surface area contributed by atoms with Crippen LogP contribution in [0.5, 0.6) is 0 Å². The summed E-state index contributed by atoms with van der Waals surface area (Å²) < 4.78 is 36.4. The Labute approximate surface area is 104 Å². The lowest BCUT2D eigenvalue weighted by Crippen LogP contribution is -2.10. The van der Waals surface area contributed by atoms with Crippen LogP contribution in [0.25, 0.3) is 0 Å². The summed E-state index contributed by atoms with van der Waals surface area (Å²) in [5, 5.41) is 10.0. The van der Waals surface area contributed by atoms with E-state index in [0.29, 0.717) is 15.1 Å². The molecule has 0 aliphatic heterocycles. The minimum Gasteiger partial charge on any atom is -0.388 e. The van der Waals surface area contributed by atoms with Crippen LogP contribution in [-0.4, -0.2) is 11.3 Å². The Morgan fingerprint density at radius 2 is 2.00 bits per heavy atom. The summed E-state index contributed by atoms with van der Waals surface area (Å²) in [5.41, 5.74) is 0.411. The summed E-state index contributed by atoms with van der Waals surface area (Å²) in [6.07, 6.45) is -6.76. The first-order valence-corrected chi connectivity index (χ1v) is 5.66. The lowest BCUT2D eigenvalue weighted by Gasteiger charge is -2.14. The van der Waals surface area contributed by atoms with Crippen molar-refractivity contribution in [2.24, 2.45) is 0 Å². The van der Waals surface area contributed by atoms with Gasteiger partial charge in [-0.05, 0) is 24.1 Å². The molecule has 0 aromatic heterocycles. The van der Waals surface area contributed by atoms with Crippen LogP contribution >= 0.6 is 27.5 Å². The molecule has 0 fully saturated rings. The van der Waals surface area contributed by atoms with Crippen LogP contribution in [0.15, 0.2) is 22.7 Å². The summed E-state index contributed by atoms with van der Waals surface area (Å²) >= 11 is 8.82. The molecule has 1 atom stereocenters. The second kappa shape index (κ2) is 5.38. The van der Waals surface area contributed by atoms with Gasteiger partial charge in [0.2, 0.25) is 0 Å². The van der Waals surface area contributed by atoms with Crippen molar-refractivity contribution in [2.45, 2.75) is 25.1 Å². The van der Waals surface area contributed by atoms with E-state index in [-0.39, 0.29) is 6.42 Å². The van der Waals surface area contributed by atoms with Gasteiger partial charge in [-0.1, -0.05) is 33.6 Å². The average molecular weight is 318 g/mol. The standard InChI is InChI=1S/C10H9BrClF3O/c11-8-5-6(12)1-2-7(8)9(16)3-4-10(13,14)15/h1-2,5,9,16H,3-4H2. The van der Waals surface area contributed by atoms with Gasteiger partial charge in [0.25, 0.3) is 0 Å². The number of alkyl halides is 3. The van der Waals surface area contributed by atoms with Crippen molar-refractivity contribution in [3.05, 3.63) is 33.3 Å². The number of hydrogen-bond donors (Lipinski definition) is 1. The monoisotopic (exact) mass is 316 g/mol. The first-order valence-electron chi connectivity index (χ1n) is 4.49. The molecular weight excluding hydrogens is 308 g/mol. The van der Waals surface area contributed by atoms with Crippen molar-refractivity contribution >= 4 is 27.5 Å². The zero-order valence-corrected chi connectivity index (χ0v) is 10.4. The van der Waals surface area contributed by atoms with Gasteiger partial charge < -0.3 is 5.11 Å². The van der Waals surface area contributed by atoms with Gasteiger partial charge in [-0.25, -0.2) is 0 Å². The van der Waals surface area contributed by atoms with Crippen LogP contribution in [-0.2, 0) is 0 Å². The lowest BCUT2D eigenvalue weighted by molar-refractivity contribution is -0.140. The van der Waals surface area contributed by atoms with Crippen molar-refractivity contribution < 1.29 is 18.3 Å². The third-order valence-corrected chi connectivity index (χ3v) is 2.94. The molecule has 0 aliphatic carbocycles. The van der Waals surface area contributed by atoms with E-state index in [9.17, 15) is 18.3 Å². The molecule has 1 rings (SSSR count). The molecule has 1 nitrogen and oxygen atoms in total. The Morgan fingerprint density at radius 1 is 1.38 bits per heavy atom. The summed E-state index contributed by atoms with van der Waals surface area (Å²) in [5.74, 6) is 0. The Balaban J connectivity index is 2.70. The molecule has 0 bridgehead atoms. The van der Waals surface area contributed by atoms with E-state index in [4.69, 9.17) is 11.6 Å². The SMILES string of the molecule is OC(CCC(F)(F)F)c1ccc(Cl)cc1Br. The van der Waals surface area contributed by atoms with E-state index in [0.717, 1.165) is 0 Å². The highest BCUT2D eigenvalue weighted by Gasteiger charge is 2.28. The summed E-state index contributed by atoms with van der Waals surface area (Å²) in [7, 11) is 0. The maximum absolute atomic E-state index is 12.0. The largest absolute Gasteiger partial charge is 0.389 e. The quantitative estimate of drug-likeness (QED) is 0.871. The van der Waals surface area contributed by atoms with Crippen molar-refractivity contribution in [1.29, 1.82) is 0 Å². The van der Waals surface area contributed by atoms with E-state index >= 15 is 0 Å². The second-order valence-electron chi connectivity index (χ2n) is 3.34. The molecule has 0 radical (unpaired) electrons. The molecule has 6 heteroatoms. The van der Waals surface area contributed by atoms with Gasteiger partial charge in [0.15, 0.2) is 0 Å². The van der Waals surface area contributed by atoms with E-state index in [2.05, 4.69) is 15.9 Å². The molecule has 0 amide bonds. The molecule has 1 unspecified atom stereocenters. The maximum atomic E-state index is 12.0. The minimum atomic E-state index is -4.25. The number of aliphatic hydroxyl groups is 1. The Morgan fingerprint density at radius 3 is 2.50 bits per heavy atom. The van der Waals surface area contributed by atoms with Gasteiger partial charge in [-0.2, -0.15) is 13.2 Å². The summed E-state index contributed by atoms with van der Waals surface area (Å²) in [6, 6.07) is 4.57. The average Bonchev–Trinajstić information content (AvgIpc) is 2.13. The van der Waals surface area contributed by atoms with E-state index in [1.54, 1.807) is 0 Å². The highest BCUT2D eigenvalue weighted by atomic mass is 79.9. The highest BCUT2D eigenvalue weighted by molar-refractivity contribution is 9.10. The first-order chi connectivity index (χ1) is 7.29. The summed E-state index contributed by atoms with van der Waals surface area (Å²) in [4.78, 5) is 0. The van der Waals surface area contributed by atoms with Gasteiger partial charge in [0.05, 0.1) is 6.10 Å². The van der Waals surface area contributed by atoms with E-state index in [1.165, 1.54) is 18.2 Å². The first kappa shape index (κ1) is 13.8. The van der Waals surface area contributed by atoms with Crippen LogP contribution < -0.4 is 0 Å². The van der Waals surface area contributed by atoms with Crippen LogP contribution in [0.3, 0.4) is 0 Å². The number of hydrogen-bond acceptors (Lipinski definition) is 1. The van der Waals surface area contributed by atoms with E-state index < -0.39 is 18.7 Å². The molecule has 16 heavy (non-hydrogen) atoms. The van der Waals surface area contributed by atoms with Crippen molar-refractivity contribution in [3.63, 3.8) is 0 Å². The molecule has 0 heterocycles. The number of halogens is 5. The molecule has 1 aromatic rings. The zero-order valence-electron chi connectivity index (χ0n) is 8.06. The number of aliphatic hydroxyl groups excluding tert-OH is 1. The Bertz CT molecular complexity index is 368. The van der Waals surface area contributed by atoms with Crippen LogP contribution in [0.1, 0.15) is 24.5 Å². The molecule has 90 valence electrons. The third-order valence-electron chi connectivity index (χ3n) is 2.02. The minimum absolute atomic E-state index is 0.357. The van der Waals surface area contributed by atoms with Gasteiger partial charge in [-0.15, -0.1) is 0 Å². The lowest BCUT2D eigenvalue weighted by atomic mass is 10.1. The molecule has 1 aromatic carbocycles. The van der Waals surface area contributed by atoms with Crippen molar-refractivity contribution in [3.8, 4) is 0 Å². The molecule has 1 N–H and O–H groups in total. The third kappa shape index (κ3) is 4.31. The molecular formula is C10H9BrClF3O. The predicted octanol–water partition coefficient (Wildman–Crippen LogP) is 4.48. The number of rotatable bonds is 3. The summed E-state index contributed by atoms with van der Waals surface area (Å²) in [6.45, 7) is 0. The smallest absolute Gasteiger partial charge is 0.388 e. The molecule has 0 spiro atoms. The zero-order chi connectivity index (χ0) is 12.3. The van der Waals surface area contributed by atoms with Crippen LogP contribution in [0.4, 0.5) is 13.2 Å². The number of benzene rings is 1.